The molecule has 0 amide bonds. The lowest BCUT2D eigenvalue weighted by atomic mass is 9.83. The molecule has 0 spiro atoms. The second kappa shape index (κ2) is 9.36. The number of rotatable bonds is 7. The zero-order valence-corrected chi connectivity index (χ0v) is 15.4. The maximum Gasteiger partial charge on any atom is 0.191 e. The number of hydrogen-bond acceptors (Lipinski definition) is 3. The molecule has 1 fully saturated rings. The van der Waals surface area contributed by atoms with Crippen LogP contribution in [0.1, 0.15) is 46.0 Å². The molecule has 1 unspecified atom stereocenters. The fourth-order valence-corrected chi connectivity index (χ4v) is 3.08. The maximum absolute atomic E-state index is 5.44. The van der Waals surface area contributed by atoms with Crippen LogP contribution in [0.3, 0.4) is 0 Å². The summed E-state index contributed by atoms with van der Waals surface area (Å²) in [4.78, 5) is 6.68. The van der Waals surface area contributed by atoms with Gasteiger partial charge >= 0.3 is 0 Å². The summed E-state index contributed by atoms with van der Waals surface area (Å²) in [5, 5.41) is 6.84. The zero-order valence-electron chi connectivity index (χ0n) is 15.4. The molecule has 5 nitrogen and oxygen atoms in total. The van der Waals surface area contributed by atoms with Crippen molar-refractivity contribution in [2.24, 2.45) is 10.9 Å². The van der Waals surface area contributed by atoms with Crippen LogP contribution in [0.25, 0.3) is 0 Å². The number of aliphatic imine (C=N–C) groups is 1. The van der Waals surface area contributed by atoms with Crippen molar-refractivity contribution < 1.29 is 4.74 Å². The fraction of sp³-hybridized carbons (Fsp3) is 0.941. The zero-order chi connectivity index (χ0) is 16.6. The van der Waals surface area contributed by atoms with Gasteiger partial charge in [-0.15, -0.1) is 0 Å². The molecule has 130 valence electrons. The van der Waals surface area contributed by atoms with Crippen LogP contribution in [0.15, 0.2) is 4.99 Å². The molecule has 0 radical (unpaired) electrons. The Kier molecular flexibility index (Phi) is 8.18. The molecule has 1 saturated carbocycles. The van der Waals surface area contributed by atoms with Crippen LogP contribution in [-0.2, 0) is 4.74 Å². The SMILES string of the molecule is CN=C(NCC(C1CCCCC1)N(C)C)NCC(C)(C)OC. The summed E-state index contributed by atoms with van der Waals surface area (Å²) in [6, 6.07) is 0.564. The molecule has 0 aromatic rings. The number of nitrogens with zero attached hydrogens (tertiary/aromatic N) is 2. The van der Waals surface area contributed by atoms with Crippen LogP contribution in [-0.4, -0.2) is 63.8 Å². The van der Waals surface area contributed by atoms with Crippen molar-refractivity contribution in [1.82, 2.24) is 15.5 Å². The van der Waals surface area contributed by atoms with Crippen molar-refractivity contribution in [3.05, 3.63) is 0 Å². The highest BCUT2D eigenvalue weighted by atomic mass is 16.5. The summed E-state index contributed by atoms with van der Waals surface area (Å²) >= 11 is 0. The molecule has 0 aliphatic heterocycles. The van der Waals surface area contributed by atoms with E-state index in [4.69, 9.17) is 4.74 Å². The molecule has 1 aliphatic carbocycles. The van der Waals surface area contributed by atoms with E-state index in [1.54, 1.807) is 7.11 Å². The number of nitrogens with one attached hydrogen (secondary N) is 2. The normalized spacial score (nSPS) is 19.3. The molecule has 0 aromatic carbocycles. The maximum atomic E-state index is 5.44. The molecule has 5 heteroatoms. The van der Waals surface area contributed by atoms with E-state index in [2.05, 4.69) is 48.5 Å². The van der Waals surface area contributed by atoms with E-state index in [9.17, 15) is 0 Å². The van der Waals surface area contributed by atoms with Gasteiger partial charge in [-0.3, -0.25) is 4.99 Å². The van der Waals surface area contributed by atoms with Crippen molar-refractivity contribution in [2.75, 3.05) is 41.3 Å². The van der Waals surface area contributed by atoms with Gasteiger partial charge in [0.25, 0.3) is 0 Å². The van der Waals surface area contributed by atoms with Crippen LogP contribution in [0, 0.1) is 5.92 Å². The van der Waals surface area contributed by atoms with E-state index in [0.29, 0.717) is 6.04 Å². The second-order valence-electron chi connectivity index (χ2n) is 7.20. The number of guanidine groups is 1. The first kappa shape index (κ1) is 19.2. The molecular weight excluding hydrogens is 276 g/mol. The molecule has 0 saturated heterocycles. The van der Waals surface area contributed by atoms with Gasteiger partial charge in [-0.05, 0) is 46.7 Å². The van der Waals surface area contributed by atoms with E-state index >= 15 is 0 Å². The summed E-state index contributed by atoms with van der Waals surface area (Å²) in [5.41, 5.74) is -0.193. The van der Waals surface area contributed by atoms with Crippen molar-refractivity contribution in [3.63, 3.8) is 0 Å². The summed E-state index contributed by atoms with van der Waals surface area (Å²) in [5.74, 6) is 1.65. The number of likely N-dealkylation sites (N-methyl/N-ethyl adjacent to an activating group) is 1. The third-order valence-corrected chi connectivity index (χ3v) is 4.79. The van der Waals surface area contributed by atoms with E-state index in [1.807, 2.05) is 7.05 Å². The predicted molar refractivity (Wildman–Crippen MR) is 94.5 cm³/mol. The Morgan fingerprint density at radius 3 is 2.36 bits per heavy atom. The van der Waals surface area contributed by atoms with Crippen molar-refractivity contribution in [3.8, 4) is 0 Å². The summed E-state index contributed by atoms with van der Waals surface area (Å²) in [7, 11) is 7.93. The summed E-state index contributed by atoms with van der Waals surface area (Å²) in [6.07, 6.45) is 6.87. The smallest absolute Gasteiger partial charge is 0.191 e. The van der Waals surface area contributed by atoms with Crippen molar-refractivity contribution in [2.45, 2.75) is 57.6 Å². The third-order valence-electron chi connectivity index (χ3n) is 4.79. The van der Waals surface area contributed by atoms with Gasteiger partial charge in [0.1, 0.15) is 0 Å². The lowest BCUT2D eigenvalue weighted by Crippen LogP contribution is -2.50. The van der Waals surface area contributed by atoms with Gasteiger partial charge in [0.15, 0.2) is 5.96 Å². The summed E-state index contributed by atoms with van der Waals surface area (Å²) < 4.78 is 5.44. The van der Waals surface area contributed by atoms with Gasteiger partial charge in [-0.1, -0.05) is 19.3 Å². The Morgan fingerprint density at radius 2 is 1.86 bits per heavy atom. The van der Waals surface area contributed by atoms with Gasteiger partial charge in [0.2, 0.25) is 0 Å². The average Bonchev–Trinajstić information content (AvgIpc) is 2.51. The predicted octanol–water partition coefficient (Wildman–Crippen LogP) is 2.09. The summed E-state index contributed by atoms with van der Waals surface area (Å²) in [6.45, 7) is 5.81. The quantitative estimate of drug-likeness (QED) is 0.558. The molecule has 1 rings (SSSR count). The average molecular weight is 313 g/mol. The highest BCUT2D eigenvalue weighted by Gasteiger charge is 2.25. The van der Waals surface area contributed by atoms with E-state index in [1.165, 1.54) is 32.1 Å². The monoisotopic (exact) mass is 312 g/mol. The first-order chi connectivity index (χ1) is 10.4. The number of ether oxygens (including phenoxy) is 1. The first-order valence-electron chi connectivity index (χ1n) is 8.55. The minimum atomic E-state index is -0.193. The lowest BCUT2D eigenvalue weighted by molar-refractivity contribution is 0.0268. The molecule has 0 heterocycles. The molecule has 0 bridgehead atoms. The molecular formula is C17H36N4O. The van der Waals surface area contributed by atoms with E-state index in [0.717, 1.165) is 25.0 Å². The molecule has 22 heavy (non-hydrogen) atoms. The van der Waals surface area contributed by atoms with Gasteiger partial charge in [-0.2, -0.15) is 0 Å². The van der Waals surface area contributed by atoms with Crippen LogP contribution < -0.4 is 10.6 Å². The van der Waals surface area contributed by atoms with Crippen LogP contribution >= 0.6 is 0 Å². The van der Waals surface area contributed by atoms with Gasteiger partial charge in [0.05, 0.1) is 5.60 Å². The third kappa shape index (κ3) is 6.53. The highest BCUT2D eigenvalue weighted by Crippen LogP contribution is 2.28. The van der Waals surface area contributed by atoms with E-state index < -0.39 is 0 Å². The molecule has 1 aliphatic rings. The minimum absolute atomic E-state index is 0.193. The molecule has 2 N–H and O–H groups in total. The van der Waals surface area contributed by atoms with Gasteiger partial charge in [0, 0.05) is 33.3 Å². The second-order valence-corrected chi connectivity index (χ2v) is 7.20. The van der Waals surface area contributed by atoms with Gasteiger partial charge in [-0.25, -0.2) is 0 Å². The Bertz CT molecular complexity index is 336. The minimum Gasteiger partial charge on any atom is -0.377 e. The van der Waals surface area contributed by atoms with Crippen molar-refractivity contribution in [1.29, 1.82) is 0 Å². The Hall–Kier alpha value is -0.810. The van der Waals surface area contributed by atoms with Crippen LogP contribution in [0.5, 0.6) is 0 Å². The molecule has 1 atom stereocenters. The number of methoxy groups -OCH3 is 1. The van der Waals surface area contributed by atoms with Crippen LogP contribution in [0.2, 0.25) is 0 Å². The largest absolute Gasteiger partial charge is 0.377 e. The Balaban J connectivity index is 2.48. The molecule has 0 aromatic heterocycles. The van der Waals surface area contributed by atoms with Crippen LogP contribution in [0.4, 0.5) is 0 Å². The first-order valence-corrected chi connectivity index (χ1v) is 8.55. The van der Waals surface area contributed by atoms with Gasteiger partial charge < -0.3 is 20.3 Å². The van der Waals surface area contributed by atoms with E-state index in [-0.39, 0.29) is 5.60 Å². The fourth-order valence-electron chi connectivity index (χ4n) is 3.08. The Morgan fingerprint density at radius 1 is 1.23 bits per heavy atom. The highest BCUT2D eigenvalue weighted by molar-refractivity contribution is 5.79. The topological polar surface area (TPSA) is 48.9 Å². The Labute approximate surface area is 136 Å². The lowest BCUT2D eigenvalue weighted by Gasteiger charge is -2.35. The number of hydrogen-bond donors (Lipinski definition) is 2. The standard InChI is InChI=1S/C17H36N4O/c1-17(2,22-6)13-20-16(18-3)19-12-15(21(4)5)14-10-8-7-9-11-14/h14-15H,7-13H2,1-6H3,(H2,18,19,20). The van der Waals surface area contributed by atoms with Crippen molar-refractivity contribution >= 4 is 5.96 Å².